The maximum atomic E-state index is 12.8. The summed E-state index contributed by atoms with van der Waals surface area (Å²) in [7, 11) is 0. The maximum absolute atomic E-state index is 12.8. The molecule has 0 aliphatic rings. The SMILES string of the molecule is Cc1ccc(C(C)C)c(OCCNc2ccc(F)cc2)c1. The van der Waals surface area contributed by atoms with Crippen LogP contribution < -0.4 is 10.1 Å². The van der Waals surface area contributed by atoms with Gasteiger partial charge in [0.25, 0.3) is 0 Å². The van der Waals surface area contributed by atoms with Gasteiger partial charge in [-0.3, -0.25) is 0 Å². The molecular weight excluding hydrogens is 265 g/mol. The minimum absolute atomic E-state index is 0.224. The van der Waals surface area contributed by atoms with Crippen LogP contribution >= 0.6 is 0 Å². The normalized spacial score (nSPS) is 10.7. The molecule has 2 aromatic carbocycles. The Morgan fingerprint density at radius 3 is 2.48 bits per heavy atom. The van der Waals surface area contributed by atoms with Crippen molar-refractivity contribution in [2.24, 2.45) is 0 Å². The number of ether oxygens (including phenoxy) is 1. The molecular formula is C18H22FNO. The Balaban J connectivity index is 1.88. The predicted octanol–water partition coefficient (Wildman–Crippen LogP) is 4.75. The third-order valence-corrected chi connectivity index (χ3v) is 3.32. The Bertz CT molecular complexity index is 578. The maximum Gasteiger partial charge on any atom is 0.123 e. The van der Waals surface area contributed by atoms with E-state index in [2.05, 4.69) is 44.3 Å². The van der Waals surface area contributed by atoms with Gasteiger partial charge in [0.1, 0.15) is 18.2 Å². The van der Waals surface area contributed by atoms with E-state index in [9.17, 15) is 4.39 Å². The highest BCUT2D eigenvalue weighted by Crippen LogP contribution is 2.27. The lowest BCUT2D eigenvalue weighted by Crippen LogP contribution is -2.12. The monoisotopic (exact) mass is 287 g/mol. The fraction of sp³-hybridized carbons (Fsp3) is 0.333. The van der Waals surface area contributed by atoms with Gasteiger partial charge < -0.3 is 10.1 Å². The second kappa shape index (κ2) is 7.11. The molecule has 2 nitrogen and oxygen atoms in total. The first-order valence-corrected chi connectivity index (χ1v) is 7.29. The Labute approximate surface area is 126 Å². The standard InChI is InChI=1S/C18H22FNO/c1-13(2)17-9-4-14(3)12-18(17)21-11-10-20-16-7-5-15(19)6-8-16/h4-9,12-13,20H,10-11H2,1-3H3. The molecule has 0 saturated heterocycles. The first kappa shape index (κ1) is 15.4. The van der Waals surface area contributed by atoms with Gasteiger partial charge in [-0.15, -0.1) is 0 Å². The number of anilines is 1. The van der Waals surface area contributed by atoms with Crippen LogP contribution in [0.4, 0.5) is 10.1 Å². The van der Waals surface area contributed by atoms with E-state index in [1.807, 2.05) is 0 Å². The molecule has 0 fully saturated rings. The molecule has 0 heterocycles. The van der Waals surface area contributed by atoms with Gasteiger partial charge in [-0.1, -0.05) is 26.0 Å². The molecule has 0 bridgehead atoms. The highest BCUT2D eigenvalue weighted by Gasteiger charge is 2.07. The van der Waals surface area contributed by atoms with Crippen molar-refractivity contribution in [3.63, 3.8) is 0 Å². The van der Waals surface area contributed by atoms with Gasteiger partial charge >= 0.3 is 0 Å². The van der Waals surface area contributed by atoms with Crippen molar-refractivity contribution in [1.82, 2.24) is 0 Å². The van der Waals surface area contributed by atoms with Gasteiger partial charge in [-0.25, -0.2) is 4.39 Å². The molecule has 21 heavy (non-hydrogen) atoms. The molecule has 112 valence electrons. The summed E-state index contributed by atoms with van der Waals surface area (Å²) in [6.07, 6.45) is 0. The second-order valence-corrected chi connectivity index (χ2v) is 5.48. The second-order valence-electron chi connectivity index (χ2n) is 5.48. The van der Waals surface area contributed by atoms with Gasteiger partial charge in [0, 0.05) is 12.2 Å². The van der Waals surface area contributed by atoms with Crippen molar-refractivity contribution >= 4 is 5.69 Å². The van der Waals surface area contributed by atoms with Crippen molar-refractivity contribution < 1.29 is 9.13 Å². The van der Waals surface area contributed by atoms with Crippen LogP contribution in [0.3, 0.4) is 0 Å². The van der Waals surface area contributed by atoms with E-state index in [4.69, 9.17) is 4.74 Å². The number of rotatable bonds is 6. The number of nitrogens with one attached hydrogen (secondary N) is 1. The quantitative estimate of drug-likeness (QED) is 0.774. The van der Waals surface area contributed by atoms with Gasteiger partial charge in [-0.05, 0) is 54.3 Å². The van der Waals surface area contributed by atoms with Gasteiger partial charge in [0.15, 0.2) is 0 Å². The van der Waals surface area contributed by atoms with Crippen LogP contribution in [0.5, 0.6) is 5.75 Å². The van der Waals surface area contributed by atoms with Gasteiger partial charge in [0.05, 0.1) is 0 Å². The molecule has 1 N–H and O–H groups in total. The number of hydrogen-bond donors (Lipinski definition) is 1. The zero-order valence-electron chi connectivity index (χ0n) is 12.8. The molecule has 2 rings (SSSR count). The van der Waals surface area contributed by atoms with Gasteiger partial charge in [-0.2, -0.15) is 0 Å². The molecule has 0 aromatic heterocycles. The average Bonchev–Trinajstić information content (AvgIpc) is 2.45. The fourth-order valence-electron chi connectivity index (χ4n) is 2.17. The average molecular weight is 287 g/mol. The lowest BCUT2D eigenvalue weighted by atomic mass is 10.0. The summed E-state index contributed by atoms with van der Waals surface area (Å²) >= 11 is 0. The summed E-state index contributed by atoms with van der Waals surface area (Å²) in [6.45, 7) is 7.63. The van der Waals surface area contributed by atoms with E-state index in [-0.39, 0.29) is 5.82 Å². The van der Waals surface area contributed by atoms with Crippen molar-refractivity contribution in [3.8, 4) is 5.75 Å². The largest absolute Gasteiger partial charge is 0.491 e. The van der Waals surface area contributed by atoms with Crippen LogP contribution in [-0.4, -0.2) is 13.2 Å². The molecule has 0 aliphatic carbocycles. The Morgan fingerprint density at radius 1 is 1.10 bits per heavy atom. The number of aryl methyl sites for hydroxylation is 1. The van der Waals surface area contributed by atoms with Crippen LogP contribution in [-0.2, 0) is 0 Å². The van der Waals surface area contributed by atoms with E-state index in [0.29, 0.717) is 19.1 Å². The van der Waals surface area contributed by atoms with Crippen molar-refractivity contribution in [3.05, 3.63) is 59.4 Å². The molecule has 0 amide bonds. The Kier molecular flexibility index (Phi) is 5.20. The minimum Gasteiger partial charge on any atom is -0.491 e. The summed E-state index contributed by atoms with van der Waals surface area (Å²) in [5, 5.41) is 3.21. The van der Waals surface area contributed by atoms with E-state index in [1.54, 1.807) is 12.1 Å². The first-order valence-electron chi connectivity index (χ1n) is 7.29. The van der Waals surface area contributed by atoms with Crippen molar-refractivity contribution in [2.45, 2.75) is 26.7 Å². The third-order valence-electron chi connectivity index (χ3n) is 3.32. The zero-order chi connectivity index (χ0) is 15.2. The lowest BCUT2D eigenvalue weighted by Gasteiger charge is -2.15. The lowest BCUT2D eigenvalue weighted by molar-refractivity contribution is 0.328. The number of benzene rings is 2. The predicted molar refractivity (Wildman–Crippen MR) is 85.7 cm³/mol. The number of halogens is 1. The Morgan fingerprint density at radius 2 is 1.81 bits per heavy atom. The summed E-state index contributed by atoms with van der Waals surface area (Å²) in [4.78, 5) is 0. The van der Waals surface area contributed by atoms with Crippen molar-refractivity contribution in [2.75, 3.05) is 18.5 Å². The molecule has 0 unspecified atom stereocenters. The molecule has 0 radical (unpaired) electrons. The van der Waals surface area contributed by atoms with E-state index in [0.717, 1.165) is 11.4 Å². The smallest absolute Gasteiger partial charge is 0.123 e. The molecule has 0 aliphatic heterocycles. The zero-order valence-corrected chi connectivity index (χ0v) is 12.8. The third kappa shape index (κ3) is 4.48. The Hall–Kier alpha value is -2.03. The molecule has 0 saturated carbocycles. The number of hydrogen-bond acceptors (Lipinski definition) is 2. The summed E-state index contributed by atoms with van der Waals surface area (Å²) < 4.78 is 18.7. The summed E-state index contributed by atoms with van der Waals surface area (Å²) in [5.74, 6) is 1.16. The van der Waals surface area contributed by atoms with Gasteiger partial charge in [0.2, 0.25) is 0 Å². The molecule has 0 atom stereocenters. The van der Waals surface area contributed by atoms with Crippen molar-refractivity contribution in [1.29, 1.82) is 0 Å². The van der Waals surface area contributed by atoms with Crippen LogP contribution in [0.2, 0.25) is 0 Å². The van der Waals surface area contributed by atoms with Crippen LogP contribution in [0.1, 0.15) is 30.9 Å². The van der Waals surface area contributed by atoms with E-state index in [1.165, 1.54) is 23.3 Å². The first-order chi connectivity index (χ1) is 10.1. The minimum atomic E-state index is -0.224. The van der Waals surface area contributed by atoms with Crippen LogP contribution in [0.25, 0.3) is 0 Å². The summed E-state index contributed by atoms with van der Waals surface area (Å²) in [6, 6.07) is 12.7. The topological polar surface area (TPSA) is 21.3 Å². The molecule has 0 spiro atoms. The highest BCUT2D eigenvalue weighted by atomic mass is 19.1. The fourth-order valence-corrected chi connectivity index (χ4v) is 2.17. The van der Waals surface area contributed by atoms with E-state index >= 15 is 0 Å². The summed E-state index contributed by atoms with van der Waals surface area (Å²) in [5.41, 5.74) is 3.32. The molecule has 3 heteroatoms. The van der Waals surface area contributed by atoms with Crippen LogP contribution in [0.15, 0.2) is 42.5 Å². The molecule has 2 aromatic rings. The van der Waals surface area contributed by atoms with E-state index < -0.39 is 0 Å². The highest BCUT2D eigenvalue weighted by molar-refractivity contribution is 5.43. The van der Waals surface area contributed by atoms with Crippen LogP contribution in [0, 0.1) is 12.7 Å².